The standard InChI is InChI=1S/C16H16BrN5OS/c1-2-22-14(10-7-8-10)19-21-16(22)24-9-13-18-20-15(23-13)11-5-3-4-6-12(11)17/h3-6,10H,2,7-9H2,1H3. The maximum Gasteiger partial charge on any atom is 0.248 e. The van der Waals surface area contributed by atoms with Crippen molar-refractivity contribution in [2.24, 2.45) is 0 Å². The number of hydrogen-bond acceptors (Lipinski definition) is 6. The van der Waals surface area contributed by atoms with Gasteiger partial charge in [-0.2, -0.15) is 0 Å². The zero-order valence-electron chi connectivity index (χ0n) is 13.1. The number of benzene rings is 1. The van der Waals surface area contributed by atoms with Gasteiger partial charge in [0, 0.05) is 16.9 Å². The Morgan fingerprint density at radius 1 is 1.21 bits per heavy atom. The van der Waals surface area contributed by atoms with E-state index >= 15 is 0 Å². The fraction of sp³-hybridized carbons (Fsp3) is 0.375. The summed E-state index contributed by atoms with van der Waals surface area (Å²) in [6, 6.07) is 7.80. The monoisotopic (exact) mass is 405 g/mol. The van der Waals surface area contributed by atoms with Crippen LogP contribution < -0.4 is 0 Å². The van der Waals surface area contributed by atoms with Crippen molar-refractivity contribution in [3.8, 4) is 11.5 Å². The molecule has 0 N–H and O–H groups in total. The first-order valence-electron chi connectivity index (χ1n) is 7.89. The van der Waals surface area contributed by atoms with Crippen LogP contribution in [-0.2, 0) is 12.3 Å². The van der Waals surface area contributed by atoms with Crippen molar-refractivity contribution in [2.75, 3.05) is 0 Å². The number of nitrogens with zero attached hydrogens (tertiary/aromatic N) is 5. The molecule has 2 heterocycles. The van der Waals surface area contributed by atoms with Crippen LogP contribution in [0.1, 0.15) is 37.4 Å². The molecule has 0 unspecified atom stereocenters. The van der Waals surface area contributed by atoms with Gasteiger partial charge in [0.15, 0.2) is 5.16 Å². The maximum absolute atomic E-state index is 5.78. The molecule has 1 saturated carbocycles. The van der Waals surface area contributed by atoms with E-state index in [-0.39, 0.29) is 0 Å². The van der Waals surface area contributed by atoms with E-state index in [1.165, 1.54) is 12.8 Å². The topological polar surface area (TPSA) is 69.6 Å². The average molecular weight is 406 g/mol. The lowest BCUT2D eigenvalue weighted by atomic mass is 10.2. The molecule has 0 bridgehead atoms. The third-order valence-corrected chi connectivity index (χ3v) is 5.54. The fourth-order valence-electron chi connectivity index (χ4n) is 2.53. The lowest BCUT2D eigenvalue weighted by Gasteiger charge is -2.05. The number of halogens is 1. The Bertz CT molecular complexity index is 858. The molecular weight excluding hydrogens is 390 g/mol. The predicted octanol–water partition coefficient (Wildman–Crippen LogP) is 4.28. The molecule has 0 amide bonds. The van der Waals surface area contributed by atoms with E-state index in [1.54, 1.807) is 11.8 Å². The smallest absolute Gasteiger partial charge is 0.248 e. The second-order valence-corrected chi connectivity index (χ2v) is 7.43. The van der Waals surface area contributed by atoms with Crippen LogP contribution in [0, 0.1) is 0 Å². The summed E-state index contributed by atoms with van der Waals surface area (Å²) in [5, 5.41) is 17.9. The van der Waals surface area contributed by atoms with Crippen molar-refractivity contribution in [3.05, 3.63) is 40.5 Å². The quantitative estimate of drug-likeness (QED) is 0.569. The van der Waals surface area contributed by atoms with Gasteiger partial charge in [-0.3, -0.25) is 0 Å². The zero-order chi connectivity index (χ0) is 16.5. The summed E-state index contributed by atoms with van der Waals surface area (Å²) in [4.78, 5) is 0. The number of aromatic nitrogens is 5. The molecule has 0 aliphatic heterocycles. The Hall–Kier alpha value is -1.67. The average Bonchev–Trinajstić information content (AvgIpc) is 3.19. The number of hydrogen-bond donors (Lipinski definition) is 0. The molecule has 0 atom stereocenters. The molecule has 0 radical (unpaired) electrons. The van der Waals surface area contributed by atoms with Gasteiger partial charge >= 0.3 is 0 Å². The summed E-state index contributed by atoms with van der Waals surface area (Å²) in [7, 11) is 0. The van der Waals surface area contributed by atoms with E-state index in [2.05, 4.69) is 47.8 Å². The van der Waals surface area contributed by atoms with Crippen LogP contribution >= 0.6 is 27.7 Å². The number of thioether (sulfide) groups is 1. The van der Waals surface area contributed by atoms with Gasteiger partial charge in [-0.05, 0) is 47.8 Å². The van der Waals surface area contributed by atoms with Crippen molar-refractivity contribution in [1.29, 1.82) is 0 Å². The molecule has 1 aromatic carbocycles. The first-order valence-corrected chi connectivity index (χ1v) is 9.67. The van der Waals surface area contributed by atoms with E-state index in [0.717, 1.165) is 27.6 Å². The fourth-order valence-corrected chi connectivity index (χ4v) is 3.83. The van der Waals surface area contributed by atoms with Crippen LogP contribution in [-0.4, -0.2) is 25.0 Å². The highest BCUT2D eigenvalue weighted by Crippen LogP contribution is 2.40. The van der Waals surface area contributed by atoms with Gasteiger partial charge in [-0.15, -0.1) is 20.4 Å². The maximum atomic E-state index is 5.78. The third kappa shape index (κ3) is 3.12. The minimum atomic E-state index is 0.522. The van der Waals surface area contributed by atoms with Crippen molar-refractivity contribution in [1.82, 2.24) is 25.0 Å². The Morgan fingerprint density at radius 3 is 2.79 bits per heavy atom. The van der Waals surface area contributed by atoms with E-state index < -0.39 is 0 Å². The summed E-state index contributed by atoms with van der Waals surface area (Å²) in [5.74, 6) is 3.40. The number of rotatable bonds is 6. The molecule has 0 spiro atoms. The van der Waals surface area contributed by atoms with Gasteiger partial charge in [0.2, 0.25) is 11.8 Å². The molecule has 8 heteroatoms. The van der Waals surface area contributed by atoms with Crippen molar-refractivity contribution < 1.29 is 4.42 Å². The summed E-state index contributed by atoms with van der Waals surface area (Å²) in [5.41, 5.74) is 0.897. The largest absolute Gasteiger partial charge is 0.420 e. The Kier molecular flexibility index (Phi) is 4.41. The first-order chi connectivity index (χ1) is 11.8. The van der Waals surface area contributed by atoms with Crippen LogP contribution in [0.25, 0.3) is 11.5 Å². The molecule has 4 rings (SSSR count). The lowest BCUT2D eigenvalue weighted by molar-refractivity contribution is 0.527. The van der Waals surface area contributed by atoms with Gasteiger partial charge in [-0.1, -0.05) is 23.9 Å². The summed E-state index contributed by atoms with van der Waals surface area (Å²) >= 11 is 5.09. The normalized spacial score (nSPS) is 14.2. The third-order valence-electron chi connectivity index (χ3n) is 3.90. The van der Waals surface area contributed by atoms with Crippen LogP contribution in [0.5, 0.6) is 0 Å². The van der Waals surface area contributed by atoms with Crippen LogP contribution in [0.2, 0.25) is 0 Å². The van der Waals surface area contributed by atoms with Crippen molar-refractivity contribution in [3.63, 3.8) is 0 Å². The zero-order valence-corrected chi connectivity index (χ0v) is 15.5. The van der Waals surface area contributed by atoms with E-state index in [4.69, 9.17) is 4.42 Å². The van der Waals surface area contributed by atoms with E-state index in [1.807, 2.05) is 24.3 Å². The lowest BCUT2D eigenvalue weighted by Crippen LogP contribution is -2.02. The second kappa shape index (κ2) is 6.68. The SMILES string of the molecule is CCn1c(SCc2nnc(-c3ccccc3Br)o2)nnc1C1CC1. The van der Waals surface area contributed by atoms with Crippen molar-refractivity contribution >= 4 is 27.7 Å². The second-order valence-electron chi connectivity index (χ2n) is 5.63. The van der Waals surface area contributed by atoms with Crippen LogP contribution in [0.4, 0.5) is 0 Å². The molecule has 3 aromatic rings. The van der Waals surface area contributed by atoms with Gasteiger partial charge in [0.1, 0.15) is 5.82 Å². The Balaban J connectivity index is 1.48. The van der Waals surface area contributed by atoms with Crippen LogP contribution in [0.3, 0.4) is 0 Å². The minimum Gasteiger partial charge on any atom is -0.420 e. The van der Waals surface area contributed by atoms with Gasteiger partial charge in [-0.25, -0.2) is 0 Å². The molecule has 1 aliphatic rings. The van der Waals surface area contributed by atoms with E-state index in [9.17, 15) is 0 Å². The predicted molar refractivity (Wildman–Crippen MR) is 94.7 cm³/mol. The summed E-state index contributed by atoms with van der Waals surface area (Å²) in [6.07, 6.45) is 2.45. The summed E-state index contributed by atoms with van der Waals surface area (Å²) in [6.45, 7) is 3.00. The molecule has 24 heavy (non-hydrogen) atoms. The van der Waals surface area contributed by atoms with Crippen molar-refractivity contribution in [2.45, 2.75) is 43.1 Å². The first kappa shape index (κ1) is 15.8. The highest BCUT2D eigenvalue weighted by atomic mass is 79.9. The van der Waals surface area contributed by atoms with Gasteiger partial charge in [0.25, 0.3) is 0 Å². The highest BCUT2D eigenvalue weighted by molar-refractivity contribution is 9.10. The highest BCUT2D eigenvalue weighted by Gasteiger charge is 2.30. The minimum absolute atomic E-state index is 0.522. The Labute approximate surface area is 152 Å². The molecule has 1 fully saturated rings. The Morgan fingerprint density at radius 2 is 2.04 bits per heavy atom. The van der Waals surface area contributed by atoms with E-state index in [0.29, 0.717) is 23.5 Å². The van der Waals surface area contributed by atoms with Gasteiger partial charge < -0.3 is 8.98 Å². The van der Waals surface area contributed by atoms with Gasteiger partial charge in [0.05, 0.1) is 11.3 Å². The molecule has 1 aliphatic carbocycles. The molecule has 0 saturated heterocycles. The molecular formula is C16H16BrN5OS. The molecule has 6 nitrogen and oxygen atoms in total. The van der Waals surface area contributed by atoms with Crippen LogP contribution in [0.15, 0.2) is 38.3 Å². The summed E-state index contributed by atoms with van der Waals surface area (Å²) < 4.78 is 8.91. The molecule has 2 aromatic heterocycles. The molecule has 124 valence electrons.